The van der Waals surface area contributed by atoms with Crippen molar-refractivity contribution in [2.75, 3.05) is 19.3 Å². The van der Waals surface area contributed by atoms with Gasteiger partial charge in [0, 0.05) is 19.1 Å². The third-order valence-corrected chi connectivity index (χ3v) is 4.99. The molecule has 1 aliphatic carbocycles. The van der Waals surface area contributed by atoms with Crippen LogP contribution in [0.4, 0.5) is 4.79 Å². The molecule has 7 heteroatoms. The average Bonchev–Trinajstić information content (AvgIpc) is 2.59. The van der Waals surface area contributed by atoms with Crippen molar-refractivity contribution in [3.05, 3.63) is 0 Å². The molecule has 130 valence electrons. The SMILES string of the molecule is CC(C)(C)OC(=O)NCCN(C1CCCCCC1)S(C)(=O)=O. The number of amides is 1. The van der Waals surface area contributed by atoms with Gasteiger partial charge in [0.2, 0.25) is 10.0 Å². The lowest BCUT2D eigenvalue weighted by Gasteiger charge is -2.29. The third-order valence-electron chi connectivity index (χ3n) is 3.66. The third kappa shape index (κ3) is 7.45. The second kappa shape index (κ2) is 8.15. The molecule has 0 aromatic rings. The Kier molecular flexibility index (Phi) is 7.12. The fourth-order valence-corrected chi connectivity index (χ4v) is 3.92. The molecule has 1 saturated carbocycles. The summed E-state index contributed by atoms with van der Waals surface area (Å²) < 4.78 is 30.7. The van der Waals surface area contributed by atoms with E-state index in [1.165, 1.54) is 23.4 Å². The Balaban J connectivity index is 2.54. The molecule has 0 aliphatic heterocycles. The Hall–Kier alpha value is -0.820. The molecular formula is C15H30N2O4S. The maximum atomic E-state index is 12.0. The summed E-state index contributed by atoms with van der Waals surface area (Å²) in [6, 6.07) is 0.0536. The number of sulfonamides is 1. The van der Waals surface area contributed by atoms with Crippen LogP contribution in [-0.2, 0) is 14.8 Å². The second-order valence-electron chi connectivity index (χ2n) is 6.95. The first-order chi connectivity index (χ1) is 10.1. The van der Waals surface area contributed by atoms with E-state index in [4.69, 9.17) is 4.74 Å². The molecule has 0 atom stereocenters. The number of nitrogens with zero attached hydrogens (tertiary/aromatic N) is 1. The molecule has 1 N–H and O–H groups in total. The van der Waals surface area contributed by atoms with Crippen LogP contribution in [0.15, 0.2) is 0 Å². The average molecular weight is 334 g/mol. The van der Waals surface area contributed by atoms with Crippen molar-refractivity contribution in [1.82, 2.24) is 9.62 Å². The molecule has 0 spiro atoms. The number of rotatable bonds is 5. The van der Waals surface area contributed by atoms with Crippen molar-refractivity contribution in [1.29, 1.82) is 0 Å². The molecule has 0 saturated heterocycles. The molecule has 1 aliphatic rings. The maximum absolute atomic E-state index is 12.0. The van der Waals surface area contributed by atoms with Gasteiger partial charge >= 0.3 is 6.09 Å². The molecule has 6 nitrogen and oxygen atoms in total. The number of carbonyl (C=O) groups excluding carboxylic acids is 1. The second-order valence-corrected chi connectivity index (χ2v) is 8.88. The first kappa shape index (κ1) is 19.2. The van der Waals surface area contributed by atoms with Crippen molar-refractivity contribution >= 4 is 16.1 Å². The normalized spacial score (nSPS) is 18.0. The van der Waals surface area contributed by atoms with Gasteiger partial charge in [0.25, 0.3) is 0 Å². The number of carbonyl (C=O) groups is 1. The van der Waals surface area contributed by atoms with E-state index in [-0.39, 0.29) is 12.6 Å². The largest absolute Gasteiger partial charge is 0.444 e. The van der Waals surface area contributed by atoms with E-state index in [0.717, 1.165) is 25.7 Å². The fraction of sp³-hybridized carbons (Fsp3) is 0.933. The van der Waals surface area contributed by atoms with E-state index < -0.39 is 21.7 Å². The smallest absolute Gasteiger partial charge is 0.407 e. The summed E-state index contributed by atoms with van der Waals surface area (Å²) in [5.74, 6) is 0. The highest BCUT2D eigenvalue weighted by Gasteiger charge is 2.27. The van der Waals surface area contributed by atoms with Crippen LogP contribution in [0.5, 0.6) is 0 Å². The van der Waals surface area contributed by atoms with E-state index >= 15 is 0 Å². The summed E-state index contributed by atoms with van der Waals surface area (Å²) in [6.45, 7) is 5.93. The van der Waals surface area contributed by atoms with Gasteiger partial charge in [-0.15, -0.1) is 0 Å². The Morgan fingerprint density at radius 1 is 1.18 bits per heavy atom. The van der Waals surface area contributed by atoms with Crippen molar-refractivity contribution < 1.29 is 17.9 Å². The molecule has 22 heavy (non-hydrogen) atoms. The summed E-state index contributed by atoms with van der Waals surface area (Å²) >= 11 is 0. The van der Waals surface area contributed by atoms with E-state index in [9.17, 15) is 13.2 Å². The van der Waals surface area contributed by atoms with Gasteiger partial charge in [-0.1, -0.05) is 25.7 Å². The van der Waals surface area contributed by atoms with Gasteiger partial charge in [0.1, 0.15) is 5.60 Å². The van der Waals surface area contributed by atoms with E-state index in [2.05, 4.69) is 5.32 Å². The number of hydrogen-bond donors (Lipinski definition) is 1. The van der Waals surface area contributed by atoms with Crippen LogP contribution in [0.3, 0.4) is 0 Å². The Morgan fingerprint density at radius 2 is 1.73 bits per heavy atom. The monoisotopic (exact) mass is 334 g/mol. The molecule has 0 radical (unpaired) electrons. The molecule has 0 unspecified atom stereocenters. The van der Waals surface area contributed by atoms with Gasteiger partial charge in [-0.3, -0.25) is 0 Å². The molecule has 1 amide bonds. The molecule has 0 heterocycles. The van der Waals surface area contributed by atoms with Crippen molar-refractivity contribution in [3.8, 4) is 0 Å². The summed E-state index contributed by atoms with van der Waals surface area (Å²) in [5.41, 5.74) is -0.554. The minimum Gasteiger partial charge on any atom is -0.444 e. The topological polar surface area (TPSA) is 75.7 Å². The highest BCUT2D eigenvalue weighted by molar-refractivity contribution is 7.88. The minimum absolute atomic E-state index is 0.0536. The maximum Gasteiger partial charge on any atom is 0.407 e. The zero-order valence-electron chi connectivity index (χ0n) is 14.2. The van der Waals surface area contributed by atoms with Crippen molar-refractivity contribution in [2.24, 2.45) is 0 Å². The Bertz CT molecular complexity index is 449. The predicted molar refractivity (Wildman–Crippen MR) is 87.3 cm³/mol. The van der Waals surface area contributed by atoms with Crippen LogP contribution in [0, 0.1) is 0 Å². The Labute approximate surface area is 134 Å². The minimum atomic E-state index is -3.27. The van der Waals surface area contributed by atoms with Crippen LogP contribution in [0.2, 0.25) is 0 Å². The highest BCUT2D eigenvalue weighted by atomic mass is 32.2. The lowest BCUT2D eigenvalue weighted by molar-refractivity contribution is 0.0524. The van der Waals surface area contributed by atoms with Crippen molar-refractivity contribution in [3.63, 3.8) is 0 Å². The quantitative estimate of drug-likeness (QED) is 0.784. The zero-order valence-corrected chi connectivity index (χ0v) is 15.0. The molecule has 1 fully saturated rings. The predicted octanol–water partition coefficient (Wildman–Crippen LogP) is 2.50. The van der Waals surface area contributed by atoms with Crippen molar-refractivity contribution in [2.45, 2.75) is 70.9 Å². The van der Waals surface area contributed by atoms with E-state index in [1.54, 1.807) is 20.8 Å². The zero-order chi connectivity index (χ0) is 16.8. The van der Waals surface area contributed by atoms with Crippen LogP contribution in [-0.4, -0.2) is 49.8 Å². The van der Waals surface area contributed by atoms with E-state index in [1.807, 2.05) is 0 Å². The van der Waals surface area contributed by atoms with Gasteiger partial charge in [-0.2, -0.15) is 4.31 Å². The molecule has 1 rings (SSSR count). The Morgan fingerprint density at radius 3 is 2.18 bits per heavy atom. The number of hydrogen-bond acceptors (Lipinski definition) is 4. The standard InChI is InChI=1S/C15H30N2O4S/c1-15(2,3)21-14(18)16-11-12-17(22(4,19)20)13-9-7-5-6-8-10-13/h13H,5-12H2,1-4H3,(H,16,18). The molecule has 0 bridgehead atoms. The van der Waals surface area contributed by atoms with Crippen LogP contribution in [0.25, 0.3) is 0 Å². The fourth-order valence-electron chi connectivity index (χ4n) is 2.75. The number of nitrogens with one attached hydrogen (secondary N) is 1. The molecule has 0 aromatic heterocycles. The molecule has 0 aromatic carbocycles. The van der Waals surface area contributed by atoms with Crippen LogP contribution in [0.1, 0.15) is 59.3 Å². The lowest BCUT2D eigenvalue weighted by Crippen LogP contribution is -2.44. The number of alkyl carbamates (subject to hydrolysis) is 1. The van der Waals surface area contributed by atoms with Gasteiger partial charge in [0.05, 0.1) is 6.26 Å². The summed E-state index contributed by atoms with van der Waals surface area (Å²) in [5, 5.41) is 2.63. The van der Waals surface area contributed by atoms with Gasteiger partial charge in [0.15, 0.2) is 0 Å². The number of ether oxygens (including phenoxy) is 1. The summed E-state index contributed by atoms with van der Waals surface area (Å²) in [7, 11) is -3.27. The highest BCUT2D eigenvalue weighted by Crippen LogP contribution is 2.23. The van der Waals surface area contributed by atoms with Crippen LogP contribution < -0.4 is 5.32 Å². The van der Waals surface area contributed by atoms with Gasteiger partial charge in [-0.05, 0) is 33.6 Å². The molecular weight excluding hydrogens is 304 g/mol. The van der Waals surface area contributed by atoms with Crippen LogP contribution >= 0.6 is 0 Å². The van der Waals surface area contributed by atoms with E-state index in [0.29, 0.717) is 6.54 Å². The summed E-state index contributed by atoms with van der Waals surface area (Å²) in [4.78, 5) is 11.6. The summed E-state index contributed by atoms with van der Waals surface area (Å²) in [6.07, 6.45) is 7.01. The first-order valence-electron chi connectivity index (χ1n) is 8.03. The first-order valence-corrected chi connectivity index (χ1v) is 9.88. The lowest BCUT2D eigenvalue weighted by atomic mass is 10.1. The van der Waals surface area contributed by atoms with Gasteiger partial charge < -0.3 is 10.1 Å². The van der Waals surface area contributed by atoms with Gasteiger partial charge in [-0.25, -0.2) is 13.2 Å².